The van der Waals surface area contributed by atoms with E-state index in [1.807, 2.05) is 79.7 Å². The fraction of sp³-hybridized carbons (Fsp3) is 0.344. The van der Waals surface area contributed by atoms with Crippen molar-refractivity contribution in [2.75, 3.05) is 14.2 Å². The van der Waals surface area contributed by atoms with Gasteiger partial charge in [-0.2, -0.15) is 5.10 Å². The first-order valence-corrected chi connectivity index (χ1v) is 13.4. The number of benzene rings is 3. The zero-order valence-electron chi connectivity index (χ0n) is 23.8. The first-order valence-electron chi connectivity index (χ1n) is 13.4. The highest BCUT2D eigenvalue weighted by Gasteiger charge is 2.31. The monoisotopic (exact) mass is 543 g/mol. The third-order valence-corrected chi connectivity index (χ3v) is 6.77. The van der Waals surface area contributed by atoms with Crippen molar-refractivity contribution in [1.29, 1.82) is 0 Å². The lowest BCUT2D eigenvalue weighted by Gasteiger charge is -2.23. The number of methoxy groups -OCH3 is 2. The van der Waals surface area contributed by atoms with E-state index >= 15 is 0 Å². The van der Waals surface area contributed by atoms with Gasteiger partial charge in [-0.15, -0.1) is 0 Å². The van der Waals surface area contributed by atoms with Crippen molar-refractivity contribution in [3.05, 3.63) is 111 Å². The van der Waals surface area contributed by atoms with Gasteiger partial charge >= 0.3 is 11.7 Å². The summed E-state index contributed by atoms with van der Waals surface area (Å²) >= 11 is 0. The summed E-state index contributed by atoms with van der Waals surface area (Å²) in [5.41, 5.74) is 3.11. The molecule has 0 aliphatic heterocycles. The number of carbonyl (C=O) groups excluding carboxylic acids is 1. The van der Waals surface area contributed by atoms with E-state index in [9.17, 15) is 9.59 Å². The maximum Gasteiger partial charge on any atom is 0.349 e. The van der Waals surface area contributed by atoms with Gasteiger partial charge in [-0.1, -0.05) is 54.1 Å². The molecule has 1 aromatic heterocycles. The Morgan fingerprint density at radius 3 is 2.23 bits per heavy atom. The molecule has 8 nitrogen and oxygen atoms in total. The minimum absolute atomic E-state index is 0.131. The third kappa shape index (κ3) is 7.20. The summed E-state index contributed by atoms with van der Waals surface area (Å²) in [4.78, 5) is 25.4. The molecule has 0 radical (unpaired) electrons. The van der Waals surface area contributed by atoms with Crippen LogP contribution in [0.1, 0.15) is 48.3 Å². The number of hydrogen-bond donors (Lipinski definition) is 0. The van der Waals surface area contributed by atoms with Gasteiger partial charge in [0.15, 0.2) is 5.60 Å². The fourth-order valence-electron chi connectivity index (χ4n) is 4.51. The molecule has 3 aromatic carbocycles. The quantitative estimate of drug-likeness (QED) is 0.235. The van der Waals surface area contributed by atoms with E-state index in [2.05, 4.69) is 0 Å². The van der Waals surface area contributed by atoms with Crippen LogP contribution in [-0.2, 0) is 35.5 Å². The van der Waals surface area contributed by atoms with E-state index in [1.165, 1.54) is 12.7 Å². The maximum absolute atomic E-state index is 13.5. The average molecular weight is 544 g/mol. The Balaban J connectivity index is 1.48. The van der Waals surface area contributed by atoms with Crippen molar-refractivity contribution in [1.82, 2.24) is 14.3 Å². The highest BCUT2D eigenvalue weighted by Crippen LogP contribution is 2.21. The Hall–Kier alpha value is -4.33. The van der Waals surface area contributed by atoms with Crippen LogP contribution in [0.25, 0.3) is 0 Å². The van der Waals surface area contributed by atoms with Crippen LogP contribution in [0.3, 0.4) is 0 Å². The molecule has 1 heterocycles. The molecule has 0 fully saturated rings. The van der Waals surface area contributed by atoms with Gasteiger partial charge in [-0.05, 0) is 74.6 Å². The smallest absolute Gasteiger partial charge is 0.349 e. The molecule has 0 atom stereocenters. The van der Waals surface area contributed by atoms with Crippen molar-refractivity contribution >= 4 is 5.97 Å². The van der Waals surface area contributed by atoms with Crippen molar-refractivity contribution in [2.45, 2.75) is 58.7 Å². The predicted octanol–water partition coefficient (Wildman–Crippen LogP) is 4.96. The van der Waals surface area contributed by atoms with E-state index in [-0.39, 0.29) is 5.69 Å². The first kappa shape index (κ1) is 28.7. The van der Waals surface area contributed by atoms with Crippen molar-refractivity contribution in [3.8, 4) is 11.5 Å². The number of aromatic nitrogens is 3. The van der Waals surface area contributed by atoms with Gasteiger partial charge in [-0.25, -0.2) is 14.3 Å². The molecule has 0 N–H and O–H groups in total. The molecule has 0 aliphatic carbocycles. The Morgan fingerprint density at radius 2 is 1.55 bits per heavy atom. The van der Waals surface area contributed by atoms with E-state index in [1.54, 1.807) is 30.2 Å². The second-order valence-corrected chi connectivity index (χ2v) is 10.4. The number of ether oxygens (including phenoxy) is 3. The summed E-state index contributed by atoms with van der Waals surface area (Å²) < 4.78 is 19.3. The van der Waals surface area contributed by atoms with E-state index in [4.69, 9.17) is 19.3 Å². The van der Waals surface area contributed by atoms with E-state index in [0.717, 1.165) is 41.1 Å². The first-order chi connectivity index (χ1) is 19.2. The van der Waals surface area contributed by atoms with Crippen LogP contribution >= 0.6 is 0 Å². The molecule has 4 aromatic rings. The van der Waals surface area contributed by atoms with Crippen LogP contribution in [0.5, 0.6) is 11.5 Å². The lowest BCUT2D eigenvalue weighted by Crippen LogP contribution is -2.39. The van der Waals surface area contributed by atoms with Gasteiger partial charge in [0.05, 0.1) is 27.3 Å². The standard InChI is InChI=1S/C32H37N3O5/c1-23-12-14-25(15-13-23)22-35-31(37)34(21-26-9-6-10-28(20-26)38-4)29(33-35)11-7-8-24-16-18-27(19-17-24)40-32(2,3)30(36)39-5/h6,9-10,12-20H,7-8,11,21-22H2,1-5H3. The summed E-state index contributed by atoms with van der Waals surface area (Å²) in [5.74, 6) is 1.67. The topological polar surface area (TPSA) is 84.6 Å². The molecule has 0 aliphatic rings. The van der Waals surface area contributed by atoms with Gasteiger partial charge in [-0.3, -0.25) is 4.57 Å². The lowest BCUT2D eigenvalue weighted by molar-refractivity contribution is -0.156. The van der Waals surface area contributed by atoms with Crippen molar-refractivity contribution < 1.29 is 19.0 Å². The van der Waals surface area contributed by atoms with Crippen LogP contribution in [0, 0.1) is 6.92 Å². The Morgan fingerprint density at radius 1 is 0.850 bits per heavy atom. The minimum Gasteiger partial charge on any atom is -0.497 e. The number of nitrogens with zero attached hydrogens (tertiary/aromatic N) is 3. The Labute approximate surface area is 235 Å². The molecule has 4 rings (SSSR count). The SMILES string of the molecule is COC(=O)C(C)(C)Oc1ccc(CCCc2nn(Cc3ccc(C)cc3)c(=O)n2Cc2cccc(OC)c2)cc1. The van der Waals surface area contributed by atoms with Crippen LogP contribution in [0.15, 0.2) is 77.6 Å². The van der Waals surface area contributed by atoms with Crippen molar-refractivity contribution in [2.24, 2.45) is 0 Å². The normalized spacial score (nSPS) is 11.3. The Bertz CT molecular complexity index is 1480. The Kier molecular flexibility index (Phi) is 9.09. The molecule has 0 amide bonds. The summed E-state index contributed by atoms with van der Waals surface area (Å²) in [6, 6.07) is 23.6. The molecule has 210 valence electrons. The van der Waals surface area contributed by atoms with Crippen LogP contribution in [-0.4, -0.2) is 40.1 Å². The zero-order valence-corrected chi connectivity index (χ0v) is 23.8. The van der Waals surface area contributed by atoms with Crippen molar-refractivity contribution in [3.63, 3.8) is 0 Å². The summed E-state index contributed by atoms with van der Waals surface area (Å²) in [6.07, 6.45) is 2.26. The van der Waals surface area contributed by atoms with Gasteiger partial charge < -0.3 is 14.2 Å². The molecule has 0 saturated heterocycles. The van der Waals surface area contributed by atoms with Gasteiger partial charge in [0.2, 0.25) is 0 Å². The predicted molar refractivity (Wildman–Crippen MR) is 154 cm³/mol. The van der Waals surface area contributed by atoms with E-state index in [0.29, 0.717) is 25.3 Å². The van der Waals surface area contributed by atoms with Gasteiger partial charge in [0.25, 0.3) is 0 Å². The molecule has 0 bridgehead atoms. The molecule has 0 spiro atoms. The summed E-state index contributed by atoms with van der Waals surface area (Å²) in [6.45, 7) is 6.23. The van der Waals surface area contributed by atoms with Gasteiger partial charge in [0, 0.05) is 6.42 Å². The molecule has 40 heavy (non-hydrogen) atoms. The van der Waals surface area contributed by atoms with Gasteiger partial charge in [0.1, 0.15) is 17.3 Å². The average Bonchev–Trinajstić information content (AvgIpc) is 3.23. The maximum atomic E-state index is 13.5. The molecule has 0 saturated carbocycles. The summed E-state index contributed by atoms with van der Waals surface area (Å²) in [5, 5.41) is 4.75. The highest BCUT2D eigenvalue weighted by molar-refractivity contribution is 5.78. The third-order valence-electron chi connectivity index (χ3n) is 6.77. The number of aryl methyl sites for hydroxylation is 3. The highest BCUT2D eigenvalue weighted by atomic mass is 16.6. The molecular formula is C32H37N3O5. The minimum atomic E-state index is -1.07. The second-order valence-electron chi connectivity index (χ2n) is 10.4. The number of esters is 1. The van der Waals surface area contributed by atoms with Crippen LogP contribution in [0.4, 0.5) is 0 Å². The lowest BCUT2D eigenvalue weighted by atomic mass is 10.1. The largest absolute Gasteiger partial charge is 0.497 e. The molecule has 8 heteroatoms. The number of rotatable bonds is 12. The zero-order chi connectivity index (χ0) is 28.7. The molecular weight excluding hydrogens is 506 g/mol. The fourth-order valence-corrected chi connectivity index (χ4v) is 4.51. The van der Waals surface area contributed by atoms with Crippen LogP contribution < -0.4 is 15.2 Å². The summed E-state index contributed by atoms with van der Waals surface area (Å²) in [7, 11) is 2.98. The second kappa shape index (κ2) is 12.7. The number of hydrogen-bond acceptors (Lipinski definition) is 6. The van der Waals surface area contributed by atoms with E-state index < -0.39 is 11.6 Å². The molecule has 0 unspecified atom stereocenters. The number of carbonyl (C=O) groups is 1. The van der Waals surface area contributed by atoms with Crippen LogP contribution in [0.2, 0.25) is 0 Å².